The molecule has 1 atom stereocenters. The van der Waals surface area contributed by atoms with Crippen LogP contribution in [0.2, 0.25) is 5.15 Å². The molecular formula is C9H12ClN3O2. The van der Waals surface area contributed by atoms with Gasteiger partial charge >= 0.3 is 0 Å². The molecule has 1 unspecified atom stereocenters. The van der Waals surface area contributed by atoms with Crippen LogP contribution >= 0.6 is 11.6 Å². The van der Waals surface area contributed by atoms with Crippen molar-refractivity contribution in [3.63, 3.8) is 0 Å². The highest BCUT2D eigenvalue weighted by molar-refractivity contribution is 6.32. The number of aldehydes is 1. The number of aliphatic hydroxyl groups excluding tert-OH is 1. The van der Waals surface area contributed by atoms with E-state index in [9.17, 15) is 4.79 Å². The minimum Gasteiger partial charge on any atom is -0.393 e. The third kappa shape index (κ3) is 3.45. The highest BCUT2D eigenvalue weighted by atomic mass is 35.5. The Balaban J connectivity index is 2.68. The molecule has 1 aromatic heterocycles. The first-order chi connectivity index (χ1) is 7.15. The lowest BCUT2D eigenvalue weighted by Crippen LogP contribution is -2.12. The molecule has 0 aliphatic rings. The number of anilines is 1. The lowest BCUT2D eigenvalue weighted by Gasteiger charge is -2.08. The van der Waals surface area contributed by atoms with Crippen molar-refractivity contribution in [1.29, 1.82) is 0 Å². The summed E-state index contributed by atoms with van der Waals surface area (Å²) in [7, 11) is 0. The van der Waals surface area contributed by atoms with Gasteiger partial charge in [0, 0.05) is 6.54 Å². The lowest BCUT2D eigenvalue weighted by atomic mass is 10.3. The average Bonchev–Trinajstić information content (AvgIpc) is 2.17. The van der Waals surface area contributed by atoms with Crippen LogP contribution in [0.3, 0.4) is 0 Å². The SMILES string of the molecule is CC(O)CCNc1ncnc(Cl)c1C=O. The van der Waals surface area contributed by atoms with E-state index in [2.05, 4.69) is 15.3 Å². The Morgan fingerprint density at radius 2 is 2.40 bits per heavy atom. The first-order valence-electron chi connectivity index (χ1n) is 4.52. The van der Waals surface area contributed by atoms with Crippen molar-refractivity contribution in [1.82, 2.24) is 9.97 Å². The fourth-order valence-corrected chi connectivity index (χ4v) is 1.20. The van der Waals surface area contributed by atoms with E-state index >= 15 is 0 Å². The number of hydrogen-bond acceptors (Lipinski definition) is 5. The summed E-state index contributed by atoms with van der Waals surface area (Å²) in [6.07, 6.45) is 2.06. The molecule has 6 heteroatoms. The van der Waals surface area contributed by atoms with Gasteiger partial charge in [-0.3, -0.25) is 4.79 Å². The van der Waals surface area contributed by atoms with E-state index in [4.69, 9.17) is 16.7 Å². The number of nitrogens with one attached hydrogen (secondary N) is 1. The molecule has 5 nitrogen and oxygen atoms in total. The summed E-state index contributed by atoms with van der Waals surface area (Å²) in [5, 5.41) is 12.1. The zero-order chi connectivity index (χ0) is 11.3. The van der Waals surface area contributed by atoms with Crippen LogP contribution in [0.15, 0.2) is 6.33 Å². The van der Waals surface area contributed by atoms with Crippen LogP contribution in [0.25, 0.3) is 0 Å². The molecule has 1 aromatic rings. The molecule has 0 amide bonds. The standard InChI is InChI=1S/C9H12ClN3O2/c1-6(15)2-3-11-9-7(4-14)8(10)12-5-13-9/h4-6,15H,2-3H2,1H3,(H,11,12,13). The maximum absolute atomic E-state index is 10.7. The molecular weight excluding hydrogens is 218 g/mol. The smallest absolute Gasteiger partial charge is 0.156 e. The molecule has 1 rings (SSSR count). The second-order valence-electron chi connectivity index (χ2n) is 3.11. The molecule has 0 fully saturated rings. The maximum atomic E-state index is 10.7. The molecule has 15 heavy (non-hydrogen) atoms. The highest BCUT2D eigenvalue weighted by Crippen LogP contribution is 2.16. The number of aromatic nitrogens is 2. The second-order valence-corrected chi connectivity index (χ2v) is 3.47. The number of carbonyl (C=O) groups is 1. The van der Waals surface area contributed by atoms with E-state index in [0.29, 0.717) is 25.1 Å². The summed E-state index contributed by atoms with van der Waals surface area (Å²) in [5.41, 5.74) is 0.241. The Morgan fingerprint density at radius 3 is 3.00 bits per heavy atom. The minimum absolute atomic E-state index is 0.125. The van der Waals surface area contributed by atoms with Crippen LogP contribution in [0.1, 0.15) is 23.7 Å². The number of nitrogens with zero attached hydrogens (tertiary/aromatic N) is 2. The number of rotatable bonds is 5. The number of carbonyl (C=O) groups excluding carboxylic acids is 1. The summed E-state index contributed by atoms with van der Waals surface area (Å²) >= 11 is 5.70. The van der Waals surface area contributed by atoms with Crippen molar-refractivity contribution in [2.24, 2.45) is 0 Å². The predicted molar refractivity (Wildman–Crippen MR) is 57.2 cm³/mol. The van der Waals surface area contributed by atoms with Gasteiger partial charge in [-0.2, -0.15) is 0 Å². The van der Waals surface area contributed by atoms with Crippen LogP contribution in [0.5, 0.6) is 0 Å². The Hall–Kier alpha value is -1.20. The number of aliphatic hydroxyl groups is 1. The van der Waals surface area contributed by atoms with Gasteiger partial charge in [0.15, 0.2) is 6.29 Å². The summed E-state index contributed by atoms with van der Waals surface area (Å²) in [6, 6.07) is 0. The first kappa shape index (κ1) is 11.9. The third-order valence-electron chi connectivity index (χ3n) is 1.81. The van der Waals surface area contributed by atoms with Gasteiger partial charge in [-0.15, -0.1) is 0 Å². The van der Waals surface area contributed by atoms with E-state index in [-0.39, 0.29) is 10.7 Å². The van der Waals surface area contributed by atoms with Gasteiger partial charge < -0.3 is 10.4 Å². The summed E-state index contributed by atoms with van der Waals surface area (Å²) in [6.45, 7) is 2.21. The van der Waals surface area contributed by atoms with Gasteiger partial charge in [0.05, 0.1) is 11.7 Å². The van der Waals surface area contributed by atoms with E-state index in [1.165, 1.54) is 6.33 Å². The highest BCUT2D eigenvalue weighted by Gasteiger charge is 2.08. The van der Waals surface area contributed by atoms with E-state index in [1.54, 1.807) is 6.92 Å². The summed E-state index contributed by atoms with van der Waals surface area (Å²) < 4.78 is 0. The van der Waals surface area contributed by atoms with Gasteiger partial charge in [0.2, 0.25) is 0 Å². The first-order valence-corrected chi connectivity index (χ1v) is 4.90. The van der Waals surface area contributed by atoms with Crippen LogP contribution in [-0.4, -0.2) is 34.0 Å². The molecule has 0 aliphatic carbocycles. The van der Waals surface area contributed by atoms with Crippen LogP contribution in [0, 0.1) is 0 Å². The van der Waals surface area contributed by atoms with E-state index in [1.807, 2.05) is 0 Å². The summed E-state index contributed by atoms with van der Waals surface area (Å²) in [4.78, 5) is 18.3. The second kappa shape index (κ2) is 5.63. The van der Waals surface area contributed by atoms with Gasteiger partial charge in [0.1, 0.15) is 17.3 Å². The predicted octanol–water partition coefficient (Wildman–Crippen LogP) is 1.13. The largest absolute Gasteiger partial charge is 0.393 e. The quantitative estimate of drug-likeness (QED) is 0.585. The average molecular weight is 230 g/mol. The fraction of sp³-hybridized carbons (Fsp3) is 0.444. The van der Waals surface area contributed by atoms with Crippen LogP contribution in [0.4, 0.5) is 5.82 Å². The van der Waals surface area contributed by atoms with Gasteiger partial charge in [-0.25, -0.2) is 9.97 Å². The van der Waals surface area contributed by atoms with Gasteiger partial charge in [-0.05, 0) is 13.3 Å². The van der Waals surface area contributed by atoms with Crippen molar-refractivity contribution in [2.75, 3.05) is 11.9 Å². The van der Waals surface area contributed by atoms with E-state index < -0.39 is 6.10 Å². The fourth-order valence-electron chi connectivity index (χ4n) is 1.02. The van der Waals surface area contributed by atoms with Crippen molar-refractivity contribution < 1.29 is 9.90 Å². The Morgan fingerprint density at radius 1 is 1.67 bits per heavy atom. The van der Waals surface area contributed by atoms with Crippen LogP contribution in [-0.2, 0) is 0 Å². The molecule has 0 spiro atoms. The molecule has 0 aromatic carbocycles. The number of hydrogen-bond donors (Lipinski definition) is 2. The van der Waals surface area contributed by atoms with E-state index in [0.717, 1.165) is 0 Å². The molecule has 0 radical (unpaired) electrons. The molecule has 0 saturated carbocycles. The maximum Gasteiger partial charge on any atom is 0.156 e. The molecule has 0 saturated heterocycles. The monoisotopic (exact) mass is 229 g/mol. The van der Waals surface area contributed by atoms with Gasteiger partial charge in [-0.1, -0.05) is 11.6 Å². The topological polar surface area (TPSA) is 75.1 Å². The molecule has 0 aliphatic heterocycles. The summed E-state index contributed by atoms with van der Waals surface area (Å²) in [5.74, 6) is 0.394. The lowest BCUT2D eigenvalue weighted by molar-refractivity contribution is 0.112. The molecule has 1 heterocycles. The molecule has 0 bridgehead atoms. The van der Waals surface area contributed by atoms with Crippen molar-refractivity contribution >= 4 is 23.7 Å². The third-order valence-corrected chi connectivity index (χ3v) is 2.11. The van der Waals surface area contributed by atoms with Crippen molar-refractivity contribution in [3.8, 4) is 0 Å². The normalized spacial score (nSPS) is 12.2. The van der Waals surface area contributed by atoms with Crippen molar-refractivity contribution in [3.05, 3.63) is 17.0 Å². The van der Waals surface area contributed by atoms with Gasteiger partial charge in [0.25, 0.3) is 0 Å². The Kier molecular flexibility index (Phi) is 4.45. The Labute approximate surface area is 92.5 Å². The Bertz CT molecular complexity index is 344. The zero-order valence-corrected chi connectivity index (χ0v) is 9.03. The number of halogens is 1. The minimum atomic E-state index is -0.394. The molecule has 82 valence electrons. The molecule has 2 N–H and O–H groups in total. The zero-order valence-electron chi connectivity index (χ0n) is 8.27. The van der Waals surface area contributed by atoms with Crippen LogP contribution < -0.4 is 5.32 Å². The van der Waals surface area contributed by atoms with Crippen molar-refractivity contribution in [2.45, 2.75) is 19.4 Å².